The van der Waals surface area contributed by atoms with Gasteiger partial charge in [-0.3, -0.25) is 9.69 Å². The molecule has 0 radical (unpaired) electrons. The fourth-order valence-corrected chi connectivity index (χ4v) is 3.07. The molecule has 0 bridgehead atoms. The number of carbonyl (C=O) groups excluding carboxylic acids is 1. The number of β-amino-alcohol motifs (C(OH)–C–C–N with tert-alkyl or cyclic N) is 1. The lowest BCUT2D eigenvalue weighted by Crippen LogP contribution is -2.27. The van der Waals surface area contributed by atoms with Crippen molar-refractivity contribution < 1.29 is 9.90 Å². The van der Waals surface area contributed by atoms with Crippen molar-refractivity contribution in [3.05, 3.63) is 35.4 Å². The standard InChI is InChI=1S/C16H22N2O2/c19-15-7-10-17(12-15)11-13-3-5-14(6-4-13)16(20)18-8-1-2-9-18/h3-6,15,19H,1-2,7-12H2/t15-/m0/s1. The molecule has 1 amide bonds. The molecular weight excluding hydrogens is 252 g/mol. The Kier molecular flexibility index (Phi) is 4.03. The van der Waals surface area contributed by atoms with Crippen LogP contribution in [0.4, 0.5) is 0 Å². The summed E-state index contributed by atoms with van der Waals surface area (Å²) in [5, 5.41) is 9.52. The molecule has 1 N–H and O–H groups in total. The molecule has 2 aliphatic heterocycles. The highest BCUT2D eigenvalue weighted by atomic mass is 16.3. The molecule has 108 valence electrons. The molecule has 0 saturated carbocycles. The van der Waals surface area contributed by atoms with Crippen molar-refractivity contribution in [1.82, 2.24) is 9.80 Å². The first-order valence-corrected chi connectivity index (χ1v) is 7.51. The summed E-state index contributed by atoms with van der Waals surface area (Å²) >= 11 is 0. The molecule has 4 nitrogen and oxygen atoms in total. The van der Waals surface area contributed by atoms with Gasteiger partial charge in [-0.25, -0.2) is 0 Å². The van der Waals surface area contributed by atoms with Crippen LogP contribution in [-0.2, 0) is 6.54 Å². The van der Waals surface area contributed by atoms with Gasteiger partial charge < -0.3 is 10.0 Å². The Hall–Kier alpha value is -1.39. The number of carbonyl (C=O) groups is 1. The van der Waals surface area contributed by atoms with E-state index in [-0.39, 0.29) is 12.0 Å². The zero-order valence-electron chi connectivity index (χ0n) is 11.8. The van der Waals surface area contributed by atoms with Crippen molar-refractivity contribution in [2.45, 2.75) is 31.9 Å². The summed E-state index contributed by atoms with van der Waals surface area (Å²) in [5.74, 6) is 0.158. The summed E-state index contributed by atoms with van der Waals surface area (Å²) in [7, 11) is 0. The number of rotatable bonds is 3. The second-order valence-corrected chi connectivity index (χ2v) is 5.87. The third-order valence-electron chi connectivity index (χ3n) is 4.25. The zero-order valence-corrected chi connectivity index (χ0v) is 11.8. The number of hydrogen-bond acceptors (Lipinski definition) is 3. The quantitative estimate of drug-likeness (QED) is 0.908. The summed E-state index contributed by atoms with van der Waals surface area (Å²) in [6.45, 7) is 4.36. The summed E-state index contributed by atoms with van der Waals surface area (Å²) in [6.07, 6.45) is 2.94. The predicted octanol–water partition coefficient (Wildman–Crippen LogP) is 1.49. The molecule has 2 saturated heterocycles. The average molecular weight is 274 g/mol. The Morgan fingerprint density at radius 1 is 1.15 bits per heavy atom. The van der Waals surface area contributed by atoms with E-state index in [1.807, 2.05) is 29.2 Å². The van der Waals surface area contributed by atoms with Crippen LogP contribution in [0.1, 0.15) is 35.2 Å². The SMILES string of the molecule is O=C(c1ccc(CN2CC[C@H](O)C2)cc1)N1CCCC1. The van der Waals surface area contributed by atoms with Crippen molar-refractivity contribution in [2.75, 3.05) is 26.2 Å². The van der Waals surface area contributed by atoms with E-state index >= 15 is 0 Å². The van der Waals surface area contributed by atoms with E-state index in [0.29, 0.717) is 0 Å². The molecule has 2 fully saturated rings. The molecule has 3 rings (SSSR count). The number of amides is 1. The third-order valence-corrected chi connectivity index (χ3v) is 4.25. The topological polar surface area (TPSA) is 43.8 Å². The third kappa shape index (κ3) is 3.02. The second-order valence-electron chi connectivity index (χ2n) is 5.87. The van der Waals surface area contributed by atoms with Crippen molar-refractivity contribution in [2.24, 2.45) is 0 Å². The molecule has 2 aliphatic rings. The molecule has 20 heavy (non-hydrogen) atoms. The van der Waals surface area contributed by atoms with Gasteiger partial charge in [-0.15, -0.1) is 0 Å². The lowest BCUT2D eigenvalue weighted by molar-refractivity contribution is 0.0793. The molecule has 0 aromatic heterocycles. The average Bonchev–Trinajstić information content (AvgIpc) is 3.11. The predicted molar refractivity (Wildman–Crippen MR) is 77.5 cm³/mol. The van der Waals surface area contributed by atoms with Gasteiger partial charge in [0.1, 0.15) is 0 Å². The van der Waals surface area contributed by atoms with Gasteiger partial charge in [-0.05, 0) is 37.0 Å². The Labute approximate surface area is 120 Å². The first-order valence-electron chi connectivity index (χ1n) is 7.51. The first kappa shape index (κ1) is 13.6. The van der Waals surface area contributed by atoms with Gasteiger partial charge in [0.15, 0.2) is 0 Å². The number of hydrogen-bond donors (Lipinski definition) is 1. The molecule has 0 unspecified atom stereocenters. The lowest BCUT2D eigenvalue weighted by Gasteiger charge is -2.17. The fourth-order valence-electron chi connectivity index (χ4n) is 3.07. The van der Waals surface area contributed by atoms with E-state index in [4.69, 9.17) is 0 Å². The van der Waals surface area contributed by atoms with E-state index in [2.05, 4.69) is 4.90 Å². The summed E-state index contributed by atoms with van der Waals surface area (Å²) in [6, 6.07) is 7.94. The molecule has 2 heterocycles. The van der Waals surface area contributed by atoms with Gasteiger partial charge in [0.25, 0.3) is 5.91 Å². The van der Waals surface area contributed by atoms with E-state index in [9.17, 15) is 9.90 Å². The van der Waals surface area contributed by atoms with E-state index in [0.717, 1.165) is 57.5 Å². The Balaban J connectivity index is 1.60. The normalized spacial score (nSPS) is 23.4. The van der Waals surface area contributed by atoms with Crippen molar-refractivity contribution >= 4 is 5.91 Å². The maximum absolute atomic E-state index is 12.2. The van der Waals surface area contributed by atoms with Gasteiger partial charge in [0, 0.05) is 38.3 Å². The van der Waals surface area contributed by atoms with Gasteiger partial charge in [-0.2, -0.15) is 0 Å². The van der Waals surface area contributed by atoms with Gasteiger partial charge in [-0.1, -0.05) is 12.1 Å². The van der Waals surface area contributed by atoms with Crippen LogP contribution in [0.15, 0.2) is 24.3 Å². The Morgan fingerprint density at radius 3 is 2.45 bits per heavy atom. The van der Waals surface area contributed by atoms with Crippen LogP contribution < -0.4 is 0 Å². The zero-order chi connectivity index (χ0) is 13.9. The number of benzene rings is 1. The minimum Gasteiger partial charge on any atom is -0.392 e. The number of likely N-dealkylation sites (tertiary alicyclic amines) is 2. The van der Waals surface area contributed by atoms with E-state index < -0.39 is 0 Å². The summed E-state index contributed by atoms with van der Waals surface area (Å²) in [4.78, 5) is 16.4. The van der Waals surface area contributed by atoms with E-state index in [1.165, 1.54) is 5.56 Å². The molecule has 0 aliphatic carbocycles. The van der Waals surface area contributed by atoms with Crippen LogP contribution in [0.25, 0.3) is 0 Å². The monoisotopic (exact) mass is 274 g/mol. The highest BCUT2D eigenvalue weighted by Crippen LogP contribution is 2.16. The molecule has 1 aromatic rings. The molecule has 0 spiro atoms. The van der Waals surface area contributed by atoms with Gasteiger partial charge >= 0.3 is 0 Å². The second kappa shape index (κ2) is 5.94. The molecule has 1 atom stereocenters. The van der Waals surface area contributed by atoms with Crippen LogP contribution in [0, 0.1) is 0 Å². The van der Waals surface area contributed by atoms with E-state index in [1.54, 1.807) is 0 Å². The van der Waals surface area contributed by atoms with Crippen LogP contribution in [0.3, 0.4) is 0 Å². The van der Waals surface area contributed by atoms with Crippen LogP contribution in [0.2, 0.25) is 0 Å². The highest BCUT2D eigenvalue weighted by Gasteiger charge is 2.21. The maximum atomic E-state index is 12.2. The van der Waals surface area contributed by atoms with Crippen molar-refractivity contribution in [3.8, 4) is 0 Å². The fraction of sp³-hybridized carbons (Fsp3) is 0.562. The minimum atomic E-state index is -0.175. The van der Waals surface area contributed by atoms with Gasteiger partial charge in [0.2, 0.25) is 0 Å². The Morgan fingerprint density at radius 2 is 1.85 bits per heavy atom. The maximum Gasteiger partial charge on any atom is 0.253 e. The molecule has 4 heteroatoms. The van der Waals surface area contributed by atoms with Crippen LogP contribution >= 0.6 is 0 Å². The molecular formula is C16H22N2O2. The lowest BCUT2D eigenvalue weighted by atomic mass is 10.1. The van der Waals surface area contributed by atoms with Gasteiger partial charge in [0.05, 0.1) is 6.10 Å². The van der Waals surface area contributed by atoms with Crippen molar-refractivity contribution in [3.63, 3.8) is 0 Å². The smallest absolute Gasteiger partial charge is 0.253 e. The van der Waals surface area contributed by atoms with Crippen LogP contribution in [0.5, 0.6) is 0 Å². The number of nitrogens with zero attached hydrogens (tertiary/aromatic N) is 2. The molecule has 1 aromatic carbocycles. The first-order chi connectivity index (χ1) is 9.72. The Bertz CT molecular complexity index is 466. The largest absolute Gasteiger partial charge is 0.392 e. The number of aliphatic hydroxyl groups excluding tert-OH is 1. The summed E-state index contributed by atoms with van der Waals surface area (Å²) < 4.78 is 0. The summed E-state index contributed by atoms with van der Waals surface area (Å²) in [5.41, 5.74) is 1.99. The number of aliphatic hydroxyl groups is 1. The minimum absolute atomic E-state index is 0.158. The highest BCUT2D eigenvalue weighted by molar-refractivity contribution is 5.94. The van der Waals surface area contributed by atoms with Crippen molar-refractivity contribution in [1.29, 1.82) is 0 Å². The van der Waals surface area contributed by atoms with Crippen LogP contribution in [-0.4, -0.2) is 53.1 Å².